The van der Waals surface area contributed by atoms with Crippen LogP contribution in [0.2, 0.25) is 0 Å². The minimum Gasteiger partial charge on any atom is -0.318 e. The van der Waals surface area contributed by atoms with Gasteiger partial charge in [-0.25, -0.2) is 0 Å². The highest BCUT2D eigenvalue weighted by atomic mass is 35.5. The topological polar surface area (TPSA) is 26.0 Å². The fourth-order valence-corrected chi connectivity index (χ4v) is 0.711. The smallest absolute Gasteiger partial charge is 0.0664 e. The maximum atomic E-state index is 5.65. The third kappa shape index (κ3) is 9.81. The van der Waals surface area contributed by atoms with Crippen molar-refractivity contribution in [2.24, 2.45) is 5.73 Å². The molecule has 1 atom stereocenters. The van der Waals surface area contributed by atoms with Crippen LogP contribution in [-0.4, -0.2) is 6.04 Å². The molecule has 0 aliphatic heterocycles. The fraction of sp³-hybridized carbons (Fsp3) is 0.778. The first-order valence-electron chi connectivity index (χ1n) is 4.05. The summed E-state index contributed by atoms with van der Waals surface area (Å²) in [6.45, 7) is 4.25. The molecular formula is C9H18ClN. The lowest BCUT2D eigenvalue weighted by molar-refractivity contribution is 0.719. The van der Waals surface area contributed by atoms with E-state index in [0.29, 0.717) is 0 Å². The molecule has 66 valence electrons. The summed E-state index contributed by atoms with van der Waals surface area (Å²) in [5.41, 5.74) is 5.65. The van der Waals surface area contributed by atoms with Crippen molar-refractivity contribution < 1.29 is 0 Å². The van der Waals surface area contributed by atoms with Crippen LogP contribution in [0.3, 0.4) is 0 Å². The minimum atomic E-state index is 0. The molecule has 0 spiro atoms. The Labute approximate surface area is 76.2 Å². The number of rotatable bonds is 3. The maximum absolute atomic E-state index is 5.65. The lowest BCUT2D eigenvalue weighted by Gasteiger charge is -1.98. The van der Waals surface area contributed by atoms with Gasteiger partial charge < -0.3 is 5.73 Å². The SMILES string of the molecule is CCCC#CC(N)CCC.Cl. The summed E-state index contributed by atoms with van der Waals surface area (Å²) < 4.78 is 0. The molecule has 0 radical (unpaired) electrons. The van der Waals surface area contributed by atoms with Crippen molar-refractivity contribution in [1.29, 1.82) is 0 Å². The summed E-state index contributed by atoms with van der Waals surface area (Å²) in [7, 11) is 0. The molecule has 0 rings (SSSR count). The average Bonchev–Trinajstić information content (AvgIpc) is 1.89. The molecule has 11 heavy (non-hydrogen) atoms. The molecule has 0 saturated heterocycles. The van der Waals surface area contributed by atoms with E-state index >= 15 is 0 Å². The van der Waals surface area contributed by atoms with Crippen LogP contribution < -0.4 is 5.73 Å². The van der Waals surface area contributed by atoms with E-state index in [1.54, 1.807) is 0 Å². The molecule has 0 bridgehead atoms. The van der Waals surface area contributed by atoms with E-state index in [4.69, 9.17) is 5.73 Å². The molecule has 0 heterocycles. The first kappa shape index (κ1) is 13.4. The molecule has 0 fully saturated rings. The normalized spacial score (nSPS) is 10.8. The Hall–Kier alpha value is -0.190. The number of hydrogen-bond donors (Lipinski definition) is 1. The fourth-order valence-electron chi connectivity index (χ4n) is 0.711. The molecule has 2 heteroatoms. The minimum absolute atomic E-state index is 0. The van der Waals surface area contributed by atoms with E-state index in [1.165, 1.54) is 0 Å². The van der Waals surface area contributed by atoms with Crippen LogP contribution in [0.1, 0.15) is 39.5 Å². The molecule has 0 amide bonds. The van der Waals surface area contributed by atoms with Gasteiger partial charge in [0.2, 0.25) is 0 Å². The van der Waals surface area contributed by atoms with E-state index in [1.807, 2.05) is 0 Å². The zero-order valence-corrected chi connectivity index (χ0v) is 8.21. The molecule has 1 unspecified atom stereocenters. The van der Waals surface area contributed by atoms with Gasteiger partial charge in [0.1, 0.15) is 0 Å². The van der Waals surface area contributed by atoms with Gasteiger partial charge in [0.15, 0.2) is 0 Å². The number of hydrogen-bond acceptors (Lipinski definition) is 1. The highest BCUT2D eigenvalue weighted by molar-refractivity contribution is 5.85. The molecule has 0 saturated carbocycles. The third-order valence-corrected chi connectivity index (χ3v) is 1.26. The predicted octanol–water partition coefficient (Wildman–Crippen LogP) is 2.34. The molecule has 0 aliphatic rings. The van der Waals surface area contributed by atoms with Gasteiger partial charge in [-0.15, -0.1) is 18.3 Å². The molecule has 0 aromatic carbocycles. The third-order valence-electron chi connectivity index (χ3n) is 1.26. The standard InChI is InChI=1S/C9H17N.ClH/c1-3-5-6-8-9(10)7-4-2;/h9H,3-5,7,10H2,1-2H3;1H. The summed E-state index contributed by atoms with van der Waals surface area (Å²) in [5, 5.41) is 0. The van der Waals surface area contributed by atoms with E-state index in [9.17, 15) is 0 Å². The highest BCUT2D eigenvalue weighted by Gasteiger charge is 1.91. The zero-order chi connectivity index (χ0) is 7.82. The monoisotopic (exact) mass is 175 g/mol. The molecule has 0 aromatic heterocycles. The average molecular weight is 176 g/mol. The van der Waals surface area contributed by atoms with Crippen molar-refractivity contribution in [3.05, 3.63) is 0 Å². The van der Waals surface area contributed by atoms with Gasteiger partial charge in [-0.2, -0.15) is 0 Å². The van der Waals surface area contributed by atoms with Crippen molar-refractivity contribution in [3.63, 3.8) is 0 Å². The van der Waals surface area contributed by atoms with Gasteiger partial charge in [-0.1, -0.05) is 26.2 Å². The van der Waals surface area contributed by atoms with Gasteiger partial charge in [-0.05, 0) is 12.8 Å². The van der Waals surface area contributed by atoms with Crippen molar-refractivity contribution >= 4 is 12.4 Å². The Balaban J connectivity index is 0. The van der Waals surface area contributed by atoms with Gasteiger partial charge >= 0.3 is 0 Å². The number of halogens is 1. The van der Waals surface area contributed by atoms with Gasteiger partial charge in [-0.3, -0.25) is 0 Å². The van der Waals surface area contributed by atoms with E-state index in [2.05, 4.69) is 25.7 Å². The molecule has 0 aliphatic carbocycles. The first-order chi connectivity index (χ1) is 4.81. The summed E-state index contributed by atoms with van der Waals surface area (Å²) in [6.07, 6.45) is 4.27. The second kappa shape index (κ2) is 9.81. The Kier molecular flexibility index (Phi) is 12.0. The van der Waals surface area contributed by atoms with Crippen molar-refractivity contribution in [2.75, 3.05) is 0 Å². The number of unbranched alkanes of at least 4 members (excludes halogenated alkanes) is 1. The first-order valence-corrected chi connectivity index (χ1v) is 4.05. The van der Waals surface area contributed by atoms with Crippen molar-refractivity contribution in [1.82, 2.24) is 0 Å². The van der Waals surface area contributed by atoms with Crippen LogP contribution in [0.4, 0.5) is 0 Å². The summed E-state index contributed by atoms with van der Waals surface area (Å²) in [5.74, 6) is 6.06. The Morgan fingerprint density at radius 3 is 2.36 bits per heavy atom. The van der Waals surface area contributed by atoms with Gasteiger partial charge in [0.05, 0.1) is 6.04 Å². The van der Waals surface area contributed by atoms with Crippen LogP contribution in [0.25, 0.3) is 0 Å². The Bertz CT molecular complexity index is 123. The quantitative estimate of drug-likeness (QED) is 0.655. The van der Waals surface area contributed by atoms with Crippen LogP contribution >= 0.6 is 12.4 Å². The largest absolute Gasteiger partial charge is 0.318 e. The second-order valence-electron chi connectivity index (χ2n) is 2.47. The molecule has 1 nitrogen and oxygen atoms in total. The molecule has 2 N–H and O–H groups in total. The summed E-state index contributed by atoms with van der Waals surface area (Å²) in [4.78, 5) is 0. The lowest BCUT2D eigenvalue weighted by Crippen LogP contribution is -2.16. The highest BCUT2D eigenvalue weighted by Crippen LogP contribution is 1.91. The van der Waals surface area contributed by atoms with Crippen LogP contribution in [0.5, 0.6) is 0 Å². The molecular weight excluding hydrogens is 158 g/mol. The summed E-state index contributed by atoms with van der Waals surface area (Å²) >= 11 is 0. The van der Waals surface area contributed by atoms with Crippen molar-refractivity contribution in [3.8, 4) is 11.8 Å². The molecule has 0 aromatic rings. The Morgan fingerprint density at radius 1 is 1.27 bits per heavy atom. The van der Waals surface area contributed by atoms with Gasteiger partial charge in [0, 0.05) is 6.42 Å². The number of nitrogens with two attached hydrogens (primary N) is 1. The van der Waals surface area contributed by atoms with E-state index in [0.717, 1.165) is 25.7 Å². The van der Waals surface area contributed by atoms with Gasteiger partial charge in [0.25, 0.3) is 0 Å². The Morgan fingerprint density at radius 2 is 1.91 bits per heavy atom. The van der Waals surface area contributed by atoms with E-state index in [-0.39, 0.29) is 18.4 Å². The van der Waals surface area contributed by atoms with Crippen LogP contribution in [-0.2, 0) is 0 Å². The lowest BCUT2D eigenvalue weighted by atomic mass is 10.2. The maximum Gasteiger partial charge on any atom is 0.0664 e. The van der Waals surface area contributed by atoms with Crippen molar-refractivity contribution in [2.45, 2.75) is 45.6 Å². The summed E-state index contributed by atoms with van der Waals surface area (Å²) in [6, 6.07) is 0.108. The van der Waals surface area contributed by atoms with E-state index < -0.39 is 0 Å². The van der Waals surface area contributed by atoms with Crippen LogP contribution in [0, 0.1) is 11.8 Å². The van der Waals surface area contributed by atoms with Crippen LogP contribution in [0.15, 0.2) is 0 Å². The predicted molar refractivity (Wildman–Crippen MR) is 52.8 cm³/mol. The zero-order valence-electron chi connectivity index (χ0n) is 7.39. The second-order valence-corrected chi connectivity index (χ2v) is 2.47.